The van der Waals surface area contributed by atoms with E-state index in [2.05, 4.69) is 10.3 Å². The van der Waals surface area contributed by atoms with E-state index in [1.807, 2.05) is 30.3 Å². The Balaban J connectivity index is 0.00000274. The largest absolute Gasteiger partial charge is 0.325 e. The van der Waals surface area contributed by atoms with Crippen LogP contribution >= 0.6 is 0 Å². The van der Waals surface area contributed by atoms with E-state index in [-0.39, 0.29) is 25.8 Å². The Morgan fingerprint density at radius 3 is 2.74 bits per heavy atom. The molecule has 5 rings (SSSR count). The van der Waals surface area contributed by atoms with Gasteiger partial charge >= 0.3 is 0 Å². The predicted octanol–water partition coefficient (Wildman–Crippen LogP) is 5.40. The number of sulfonamides is 1. The number of carbonyl (C=O) groups excluding carboxylic acids is 1. The van der Waals surface area contributed by atoms with Crippen molar-refractivity contribution in [1.82, 2.24) is 9.29 Å². The summed E-state index contributed by atoms with van der Waals surface area (Å²) in [4.78, 5) is 16.9. The van der Waals surface area contributed by atoms with Crippen LogP contribution < -0.4 is 5.32 Å². The highest BCUT2D eigenvalue weighted by molar-refractivity contribution is 7.89. The summed E-state index contributed by atoms with van der Waals surface area (Å²) >= 11 is 0. The summed E-state index contributed by atoms with van der Waals surface area (Å²) in [7, 11) is -3.57. The summed E-state index contributed by atoms with van der Waals surface area (Å²) in [5.74, 6) is 0.530. The number of pyridine rings is 1. The number of carbonyl (C=O) groups is 1. The molecule has 7 heteroatoms. The number of amides is 1. The van der Waals surface area contributed by atoms with Crippen molar-refractivity contribution in [3.8, 4) is 0 Å². The molecule has 2 atom stereocenters. The Hall–Kier alpha value is -2.77. The molecule has 34 heavy (non-hydrogen) atoms. The minimum absolute atomic E-state index is 0. The molecule has 2 unspecified atom stereocenters. The van der Waals surface area contributed by atoms with Crippen LogP contribution in [0.2, 0.25) is 0 Å². The fourth-order valence-corrected chi connectivity index (χ4v) is 7.11. The van der Waals surface area contributed by atoms with Crippen molar-refractivity contribution in [2.45, 2.75) is 63.3 Å². The van der Waals surface area contributed by atoms with E-state index in [9.17, 15) is 13.2 Å². The number of rotatable bonds is 5. The number of aromatic nitrogens is 1. The van der Waals surface area contributed by atoms with Crippen LogP contribution in [0.25, 0.3) is 10.8 Å². The van der Waals surface area contributed by atoms with Crippen molar-refractivity contribution in [3.63, 3.8) is 0 Å². The number of nitrogens with zero attached hydrogens (tertiary/aromatic N) is 2. The zero-order valence-corrected chi connectivity index (χ0v) is 19.4. The van der Waals surface area contributed by atoms with Crippen molar-refractivity contribution in [2.24, 2.45) is 5.92 Å². The van der Waals surface area contributed by atoms with E-state index in [0.717, 1.165) is 48.4 Å². The summed E-state index contributed by atoms with van der Waals surface area (Å²) in [6, 6.07) is 14.6. The van der Waals surface area contributed by atoms with Crippen LogP contribution in [0, 0.1) is 5.92 Å². The third-order valence-electron chi connectivity index (χ3n) is 6.97. The Morgan fingerprint density at radius 1 is 1.06 bits per heavy atom. The molecule has 1 aliphatic carbocycles. The van der Waals surface area contributed by atoms with Gasteiger partial charge in [0.2, 0.25) is 15.9 Å². The van der Waals surface area contributed by atoms with E-state index < -0.39 is 10.0 Å². The molecule has 2 heterocycles. The monoisotopic (exact) mass is 479 g/mol. The van der Waals surface area contributed by atoms with E-state index in [1.165, 1.54) is 6.42 Å². The Morgan fingerprint density at radius 2 is 1.91 bits per heavy atom. The summed E-state index contributed by atoms with van der Waals surface area (Å²) in [6.45, 7) is 0.603. The summed E-state index contributed by atoms with van der Waals surface area (Å²) in [5.41, 5.74) is 1.52. The van der Waals surface area contributed by atoms with Gasteiger partial charge in [0, 0.05) is 36.1 Å². The van der Waals surface area contributed by atoms with Crippen molar-refractivity contribution < 1.29 is 13.2 Å². The molecular formula is C27H33N3O3S. The zero-order chi connectivity index (χ0) is 22.8. The van der Waals surface area contributed by atoms with Gasteiger partial charge in [-0.1, -0.05) is 44.5 Å². The highest BCUT2D eigenvalue weighted by Crippen LogP contribution is 2.37. The summed E-state index contributed by atoms with van der Waals surface area (Å²) < 4.78 is 29.0. The number of nitrogens with one attached hydrogen (secondary N) is 1. The van der Waals surface area contributed by atoms with Crippen LogP contribution in [0.1, 0.15) is 51.5 Å². The molecule has 180 valence electrons. The molecule has 1 saturated heterocycles. The van der Waals surface area contributed by atoms with Crippen molar-refractivity contribution >= 4 is 32.4 Å². The Labute approximate surface area is 202 Å². The lowest BCUT2D eigenvalue weighted by molar-refractivity contribution is -0.115. The van der Waals surface area contributed by atoms with Crippen LogP contribution in [-0.4, -0.2) is 36.2 Å². The van der Waals surface area contributed by atoms with Gasteiger partial charge in [-0.2, -0.15) is 4.31 Å². The second-order valence-electron chi connectivity index (χ2n) is 9.22. The number of hydrogen-bond donors (Lipinski definition) is 1. The molecule has 1 N–H and O–H groups in total. The van der Waals surface area contributed by atoms with E-state index >= 15 is 0 Å². The molecular weight excluding hydrogens is 446 g/mol. The van der Waals surface area contributed by atoms with E-state index in [1.54, 1.807) is 34.9 Å². The van der Waals surface area contributed by atoms with Crippen LogP contribution in [0.5, 0.6) is 0 Å². The average Bonchev–Trinajstić information content (AvgIpc) is 2.97. The van der Waals surface area contributed by atoms with Gasteiger partial charge in [-0.15, -0.1) is 0 Å². The Bertz CT molecular complexity index is 1260. The van der Waals surface area contributed by atoms with Crippen molar-refractivity contribution in [2.75, 3.05) is 11.9 Å². The van der Waals surface area contributed by atoms with Crippen molar-refractivity contribution in [3.05, 3.63) is 66.5 Å². The van der Waals surface area contributed by atoms with Crippen molar-refractivity contribution in [1.29, 1.82) is 0 Å². The number of anilines is 1. The Kier molecular flexibility index (Phi) is 7.33. The molecule has 3 aromatic rings. The molecule has 0 spiro atoms. The zero-order valence-electron chi connectivity index (χ0n) is 18.6. The normalized spacial score (nSPS) is 20.8. The molecule has 2 aliphatic rings. The average molecular weight is 480 g/mol. The second-order valence-corrected chi connectivity index (χ2v) is 11.1. The molecule has 1 aliphatic heterocycles. The van der Waals surface area contributed by atoms with Gasteiger partial charge in [-0.3, -0.25) is 9.78 Å². The summed E-state index contributed by atoms with van der Waals surface area (Å²) in [5, 5.41) is 4.59. The quantitative estimate of drug-likeness (QED) is 0.532. The third kappa shape index (κ3) is 5.00. The van der Waals surface area contributed by atoms with E-state index in [4.69, 9.17) is 0 Å². The van der Waals surface area contributed by atoms with E-state index in [0.29, 0.717) is 23.0 Å². The molecule has 1 saturated carbocycles. The topological polar surface area (TPSA) is 79.4 Å². The minimum atomic E-state index is -3.57. The molecule has 2 fully saturated rings. The fourth-order valence-electron chi connectivity index (χ4n) is 5.37. The molecule has 0 radical (unpaired) electrons. The highest BCUT2D eigenvalue weighted by Gasteiger charge is 2.36. The third-order valence-corrected chi connectivity index (χ3v) is 8.92. The smallest absolute Gasteiger partial charge is 0.243 e. The van der Waals surface area contributed by atoms with Gasteiger partial charge in [0.05, 0.1) is 11.3 Å². The lowest BCUT2D eigenvalue weighted by atomic mass is 9.84. The molecule has 1 aromatic heterocycles. The van der Waals surface area contributed by atoms with Gasteiger partial charge in [0.15, 0.2) is 0 Å². The SMILES string of the molecule is C.O=C(Cc1cccnc1)Nc1cccc2cc(S(=O)(=O)N3CCCC4CCCC3C4)ccc12. The second kappa shape index (κ2) is 10.2. The first-order valence-electron chi connectivity index (χ1n) is 11.7. The lowest BCUT2D eigenvalue weighted by Gasteiger charge is -2.33. The first-order chi connectivity index (χ1) is 16.0. The first kappa shape index (κ1) is 24.4. The number of hydrogen-bond acceptors (Lipinski definition) is 4. The lowest BCUT2D eigenvalue weighted by Crippen LogP contribution is -2.41. The van der Waals surface area contributed by atoms with Crippen LogP contribution in [0.3, 0.4) is 0 Å². The summed E-state index contributed by atoms with van der Waals surface area (Å²) in [6.07, 6.45) is 9.93. The number of benzene rings is 2. The maximum absolute atomic E-state index is 13.6. The van der Waals surface area contributed by atoms with Gasteiger partial charge in [-0.05, 0) is 66.8 Å². The number of fused-ring (bicyclic) bond motifs is 3. The maximum Gasteiger partial charge on any atom is 0.243 e. The predicted molar refractivity (Wildman–Crippen MR) is 136 cm³/mol. The fraction of sp³-hybridized carbons (Fsp3) is 0.407. The van der Waals surface area contributed by atoms with Crippen LogP contribution in [0.15, 0.2) is 65.8 Å². The molecule has 1 amide bonds. The highest BCUT2D eigenvalue weighted by atomic mass is 32.2. The first-order valence-corrected chi connectivity index (χ1v) is 13.2. The van der Waals surface area contributed by atoms with Gasteiger partial charge in [-0.25, -0.2) is 8.42 Å². The van der Waals surface area contributed by atoms with Gasteiger partial charge in [0.25, 0.3) is 0 Å². The maximum atomic E-state index is 13.6. The molecule has 6 nitrogen and oxygen atoms in total. The van der Waals surface area contributed by atoms with Gasteiger partial charge < -0.3 is 5.32 Å². The minimum Gasteiger partial charge on any atom is -0.325 e. The molecule has 2 bridgehead atoms. The standard InChI is InChI=1S/C26H29N3O3S.CH4/c30-26(16-20-6-3-13-27-18-20)28-25-10-2-8-21-17-23(11-12-24(21)25)33(31,32)29-14-4-7-19-5-1-9-22(29)15-19;/h2-3,6,8,10-13,17-19,22H,1,4-5,7,9,14-16H2,(H,28,30);1H4. The molecule has 2 aromatic carbocycles. The van der Waals surface area contributed by atoms with Crippen LogP contribution in [-0.2, 0) is 21.2 Å². The van der Waals surface area contributed by atoms with Crippen LogP contribution in [0.4, 0.5) is 5.69 Å². The van der Waals surface area contributed by atoms with Gasteiger partial charge in [0.1, 0.15) is 0 Å².